The summed E-state index contributed by atoms with van der Waals surface area (Å²) in [4.78, 5) is 14.4. The van der Waals surface area contributed by atoms with Crippen LogP contribution in [-0.2, 0) is 5.75 Å². The van der Waals surface area contributed by atoms with Crippen molar-refractivity contribution in [3.63, 3.8) is 0 Å². The zero-order valence-electron chi connectivity index (χ0n) is 9.25. The summed E-state index contributed by atoms with van der Waals surface area (Å²) in [7, 11) is 0. The second-order valence-corrected chi connectivity index (χ2v) is 4.84. The van der Waals surface area contributed by atoms with Crippen LogP contribution in [0.25, 0.3) is 0 Å². The molecule has 0 aliphatic rings. The molecular formula is C12H9ClN2O2S. The molecule has 0 N–H and O–H groups in total. The summed E-state index contributed by atoms with van der Waals surface area (Å²) in [6.07, 6.45) is 1.54. The average molecular weight is 281 g/mol. The smallest absolute Gasteiger partial charge is 0.258 e. The molecule has 0 atom stereocenters. The minimum atomic E-state index is -0.429. The lowest BCUT2D eigenvalue weighted by Gasteiger charge is -2.03. The largest absolute Gasteiger partial charge is 0.301 e. The maximum atomic E-state index is 10.8. The molecule has 1 heterocycles. The van der Waals surface area contributed by atoms with Gasteiger partial charge in [-0.25, -0.2) is 4.98 Å². The molecule has 0 fully saturated rings. The molecule has 2 rings (SSSR count). The van der Waals surface area contributed by atoms with Crippen LogP contribution in [0.2, 0.25) is 5.02 Å². The van der Waals surface area contributed by atoms with Gasteiger partial charge in [-0.2, -0.15) is 0 Å². The van der Waals surface area contributed by atoms with E-state index in [-0.39, 0.29) is 5.69 Å². The molecule has 0 aliphatic carbocycles. The molecule has 0 unspecified atom stereocenters. The van der Waals surface area contributed by atoms with Gasteiger partial charge in [0.2, 0.25) is 0 Å². The molecule has 0 aliphatic heterocycles. The highest BCUT2D eigenvalue weighted by Gasteiger charge is 2.14. The van der Waals surface area contributed by atoms with Gasteiger partial charge in [0.15, 0.2) is 5.03 Å². The van der Waals surface area contributed by atoms with Crippen LogP contribution in [0.1, 0.15) is 5.56 Å². The Morgan fingerprint density at radius 1 is 1.28 bits per heavy atom. The lowest BCUT2D eigenvalue weighted by molar-refractivity contribution is -0.388. The standard InChI is InChI=1S/C12H9ClN2O2S/c13-10-5-2-1-4-9(10)8-18-12-11(15(16)17)6-3-7-14-12/h1-7H,8H2. The molecule has 4 nitrogen and oxygen atoms in total. The Morgan fingerprint density at radius 2 is 2.06 bits per heavy atom. The number of benzene rings is 1. The van der Waals surface area contributed by atoms with E-state index >= 15 is 0 Å². The molecular weight excluding hydrogens is 272 g/mol. The minimum Gasteiger partial charge on any atom is -0.258 e. The topological polar surface area (TPSA) is 56.0 Å². The number of hydrogen-bond donors (Lipinski definition) is 0. The Balaban J connectivity index is 2.16. The van der Waals surface area contributed by atoms with Crippen LogP contribution < -0.4 is 0 Å². The zero-order valence-corrected chi connectivity index (χ0v) is 10.8. The van der Waals surface area contributed by atoms with Crippen LogP contribution in [-0.4, -0.2) is 9.91 Å². The number of nitrogens with zero attached hydrogens (tertiary/aromatic N) is 2. The highest BCUT2D eigenvalue weighted by Crippen LogP contribution is 2.30. The van der Waals surface area contributed by atoms with Gasteiger partial charge in [0.1, 0.15) is 0 Å². The summed E-state index contributed by atoms with van der Waals surface area (Å²) >= 11 is 7.33. The van der Waals surface area contributed by atoms with Crippen molar-refractivity contribution in [3.05, 3.63) is 63.3 Å². The van der Waals surface area contributed by atoms with Gasteiger partial charge in [-0.1, -0.05) is 41.6 Å². The molecule has 0 spiro atoms. The zero-order chi connectivity index (χ0) is 13.0. The first kappa shape index (κ1) is 12.9. The first-order valence-electron chi connectivity index (χ1n) is 5.14. The fraction of sp³-hybridized carbons (Fsp3) is 0.0833. The summed E-state index contributed by atoms with van der Waals surface area (Å²) in [6, 6.07) is 10.4. The van der Waals surface area contributed by atoms with E-state index in [1.807, 2.05) is 18.2 Å². The molecule has 1 aromatic carbocycles. The lowest BCUT2D eigenvalue weighted by atomic mass is 10.2. The van der Waals surface area contributed by atoms with Gasteiger partial charge in [0.25, 0.3) is 0 Å². The Kier molecular flexibility index (Phi) is 4.17. The van der Waals surface area contributed by atoms with E-state index in [0.717, 1.165) is 5.56 Å². The van der Waals surface area contributed by atoms with Crippen molar-refractivity contribution >= 4 is 29.1 Å². The van der Waals surface area contributed by atoms with E-state index in [1.165, 1.54) is 17.8 Å². The third-order valence-electron chi connectivity index (χ3n) is 2.27. The summed E-state index contributed by atoms with van der Waals surface area (Å²) < 4.78 is 0. The maximum absolute atomic E-state index is 10.8. The van der Waals surface area contributed by atoms with Crippen LogP contribution in [0.4, 0.5) is 5.69 Å². The molecule has 0 amide bonds. The molecule has 2 aromatic rings. The van der Waals surface area contributed by atoms with Gasteiger partial charge in [0.05, 0.1) is 4.92 Å². The fourth-order valence-corrected chi connectivity index (χ4v) is 2.65. The predicted molar refractivity (Wildman–Crippen MR) is 71.9 cm³/mol. The fourth-order valence-electron chi connectivity index (χ4n) is 1.39. The van der Waals surface area contributed by atoms with Crippen LogP contribution in [0, 0.1) is 10.1 Å². The number of hydrogen-bond acceptors (Lipinski definition) is 4. The third kappa shape index (κ3) is 3.00. The summed E-state index contributed by atoms with van der Waals surface area (Å²) in [5.41, 5.74) is 0.957. The first-order chi connectivity index (χ1) is 8.68. The maximum Gasteiger partial charge on any atom is 0.301 e. The van der Waals surface area contributed by atoms with Gasteiger partial charge in [-0.15, -0.1) is 0 Å². The first-order valence-corrected chi connectivity index (χ1v) is 6.50. The number of halogens is 1. The van der Waals surface area contributed by atoms with Crippen molar-refractivity contribution in [2.45, 2.75) is 10.8 Å². The molecule has 6 heteroatoms. The van der Waals surface area contributed by atoms with Crippen molar-refractivity contribution in [1.82, 2.24) is 4.98 Å². The van der Waals surface area contributed by atoms with Crippen molar-refractivity contribution in [2.24, 2.45) is 0 Å². The van der Waals surface area contributed by atoms with Gasteiger partial charge in [0, 0.05) is 23.0 Å². The van der Waals surface area contributed by atoms with Crippen LogP contribution in [0.15, 0.2) is 47.6 Å². The SMILES string of the molecule is O=[N+]([O-])c1cccnc1SCc1ccccc1Cl. The predicted octanol–water partition coefficient (Wildman–Crippen LogP) is 3.94. The third-order valence-corrected chi connectivity index (χ3v) is 3.68. The van der Waals surface area contributed by atoms with Gasteiger partial charge in [-0.05, 0) is 17.7 Å². The monoisotopic (exact) mass is 280 g/mol. The second kappa shape index (κ2) is 5.84. The van der Waals surface area contributed by atoms with Gasteiger partial charge < -0.3 is 0 Å². The van der Waals surface area contributed by atoms with Crippen molar-refractivity contribution in [2.75, 3.05) is 0 Å². The van der Waals surface area contributed by atoms with Crippen LogP contribution >= 0.6 is 23.4 Å². The van der Waals surface area contributed by atoms with E-state index in [9.17, 15) is 10.1 Å². The average Bonchev–Trinajstić information content (AvgIpc) is 2.38. The summed E-state index contributed by atoms with van der Waals surface area (Å²) in [5, 5.41) is 11.9. The van der Waals surface area contributed by atoms with E-state index in [4.69, 9.17) is 11.6 Å². The van der Waals surface area contributed by atoms with E-state index in [2.05, 4.69) is 4.98 Å². The molecule has 92 valence electrons. The Hall–Kier alpha value is -1.59. The summed E-state index contributed by atoms with van der Waals surface area (Å²) in [5.74, 6) is 0.553. The molecule has 0 radical (unpaired) electrons. The number of aromatic nitrogens is 1. The molecule has 18 heavy (non-hydrogen) atoms. The number of pyridine rings is 1. The van der Waals surface area contributed by atoms with Crippen molar-refractivity contribution in [3.8, 4) is 0 Å². The van der Waals surface area contributed by atoms with Crippen molar-refractivity contribution < 1.29 is 4.92 Å². The number of thioether (sulfide) groups is 1. The van der Waals surface area contributed by atoms with E-state index in [1.54, 1.807) is 18.3 Å². The Labute approximate surface area is 113 Å². The molecule has 0 saturated carbocycles. The lowest BCUT2D eigenvalue weighted by Crippen LogP contribution is -1.93. The van der Waals surface area contributed by atoms with E-state index in [0.29, 0.717) is 15.8 Å². The van der Waals surface area contributed by atoms with Crippen molar-refractivity contribution in [1.29, 1.82) is 0 Å². The highest BCUT2D eigenvalue weighted by molar-refractivity contribution is 7.98. The Morgan fingerprint density at radius 3 is 2.78 bits per heavy atom. The van der Waals surface area contributed by atoms with Crippen LogP contribution in [0.3, 0.4) is 0 Å². The highest BCUT2D eigenvalue weighted by atomic mass is 35.5. The molecule has 0 bridgehead atoms. The number of rotatable bonds is 4. The molecule has 0 saturated heterocycles. The van der Waals surface area contributed by atoms with E-state index < -0.39 is 4.92 Å². The Bertz CT molecular complexity index is 578. The molecule has 1 aromatic heterocycles. The van der Waals surface area contributed by atoms with Crippen LogP contribution in [0.5, 0.6) is 0 Å². The second-order valence-electron chi connectivity index (χ2n) is 3.46. The van der Waals surface area contributed by atoms with Gasteiger partial charge >= 0.3 is 5.69 Å². The van der Waals surface area contributed by atoms with Gasteiger partial charge in [-0.3, -0.25) is 10.1 Å². The summed E-state index contributed by atoms with van der Waals surface area (Å²) in [6.45, 7) is 0. The quantitative estimate of drug-likeness (QED) is 0.484. The minimum absolute atomic E-state index is 0.0227. The normalized spacial score (nSPS) is 10.3. The number of nitro groups is 1.